The minimum atomic E-state index is -2.91. The molecule has 1 aromatic rings. The van der Waals surface area contributed by atoms with Crippen molar-refractivity contribution in [3.8, 4) is 0 Å². The number of hydrogen-bond acceptors (Lipinski definition) is 2. The second kappa shape index (κ2) is 3.58. The van der Waals surface area contributed by atoms with Crippen LogP contribution in [0.1, 0.15) is 5.56 Å². The molecule has 4 heteroatoms. The Bertz CT molecular complexity index is 370. The largest absolute Gasteiger partial charge is 0.229 e. The summed E-state index contributed by atoms with van der Waals surface area (Å²) < 4.78 is 22.7. The Kier molecular flexibility index (Phi) is 2.90. The first kappa shape index (κ1) is 9.74. The molecule has 66 valence electrons. The normalized spacial score (nSPS) is 11.5. The van der Waals surface area contributed by atoms with Crippen molar-refractivity contribution in [2.75, 3.05) is 6.26 Å². The van der Waals surface area contributed by atoms with Gasteiger partial charge < -0.3 is 0 Å². The highest BCUT2D eigenvalue weighted by Crippen LogP contribution is 2.13. The Morgan fingerprint density at radius 1 is 1.42 bits per heavy atom. The molecule has 0 radical (unpaired) electrons. The first-order valence-corrected chi connectivity index (χ1v) is 6.25. The maximum absolute atomic E-state index is 10.9. The molecule has 2 nitrogen and oxygen atoms in total. The lowest BCUT2D eigenvalue weighted by molar-refractivity contribution is 0.601. The van der Waals surface area contributed by atoms with Crippen molar-refractivity contribution >= 4 is 25.8 Å². The third-order valence-electron chi connectivity index (χ3n) is 1.32. The van der Waals surface area contributed by atoms with Crippen LogP contribution in [0.3, 0.4) is 0 Å². The van der Waals surface area contributed by atoms with E-state index in [2.05, 4.69) is 15.9 Å². The number of hydrogen-bond donors (Lipinski definition) is 0. The Labute approximate surface area is 80.7 Å². The Morgan fingerprint density at radius 3 is 2.58 bits per heavy atom. The van der Waals surface area contributed by atoms with E-state index in [1.54, 1.807) is 12.1 Å². The quantitative estimate of drug-likeness (QED) is 0.803. The summed E-state index contributed by atoms with van der Waals surface area (Å²) in [5.74, 6) is 0.104. The second-order valence-electron chi connectivity index (χ2n) is 2.70. The molecule has 0 aliphatic rings. The van der Waals surface area contributed by atoms with Gasteiger partial charge in [-0.1, -0.05) is 28.1 Å². The van der Waals surface area contributed by atoms with E-state index in [-0.39, 0.29) is 5.75 Å². The molecule has 1 rings (SSSR count). The van der Waals surface area contributed by atoms with E-state index in [0.29, 0.717) is 0 Å². The van der Waals surface area contributed by atoms with E-state index in [0.717, 1.165) is 10.0 Å². The van der Waals surface area contributed by atoms with Gasteiger partial charge in [0.2, 0.25) is 0 Å². The molecule has 0 heterocycles. The zero-order valence-electron chi connectivity index (χ0n) is 6.62. The Morgan fingerprint density at radius 2 is 2.08 bits per heavy atom. The van der Waals surface area contributed by atoms with Crippen molar-refractivity contribution in [3.05, 3.63) is 34.3 Å². The van der Waals surface area contributed by atoms with Crippen LogP contribution in [0.15, 0.2) is 28.7 Å². The van der Waals surface area contributed by atoms with Crippen LogP contribution >= 0.6 is 15.9 Å². The fraction of sp³-hybridized carbons (Fsp3) is 0.250. The van der Waals surface area contributed by atoms with Crippen LogP contribution in [0, 0.1) is 0 Å². The molecule has 0 aliphatic carbocycles. The standard InChI is InChI=1S/C8H9BrO2S/c1-12(10,11)6-7-3-2-4-8(9)5-7/h2-5H,6H2,1H3. The van der Waals surface area contributed by atoms with Crippen molar-refractivity contribution in [2.45, 2.75) is 5.75 Å². The van der Waals surface area contributed by atoms with E-state index < -0.39 is 9.84 Å². The highest BCUT2D eigenvalue weighted by atomic mass is 79.9. The van der Waals surface area contributed by atoms with E-state index >= 15 is 0 Å². The van der Waals surface area contributed by atoms with Crippen molar-refractivity contribution in [1.82, 2.24) is 0 Å². The SMILES string of the molecule is CS(=O)(=O)Cc1cccc(Br)c1. The molecule has 0 fully saturated rings. The first-order valence-electron chi connectivity index (χ1n) is 3.39. The van der Waals surface area contributed by atoms with Crippen LogP contribution in [0.4, 0.5) is 0 Å². The third kappa shape index (κ3) is 3.36. The summed E-state index contributed by atoms with van der Waals surface area (Å²) in [7, 11) is -2.91. The van der Waals surface area contributed by atoms with Gasteiger partial charge in [-0.05, 0) is 17.7 Å². The maximum Gasteiger partial charge on any atom is 0.151 e. The molecule has 0 aliphatic heterocycles. The summed E-state index contributed by atoms with van der Waals surface area (Å²) in [6, 6.07) is 7.29. The zero-order valence-corrected chi connectivity index (χ0v) is 9.02. The summed E-state index contributed by atoms with van der Waals surface area (Å²) in [5, 5.41) is 0. The number of halogens is 1. The molecular formula is C8H9BrO2S. The van der Waals surface area contributed by atoms with E-state index in [1.165, 1.54) is 6.26 Å². The van der Waals surface area contributed by atoms with Crippen LogP contribution in [0.5, 0.6) is 0 Å². The molecule has 12 heavy (non-hydrogen) atoms. The highest BCUT2D eigenvalue weighted by molar-refractivity contribution is 9.10. The van der Waals surface area contributed by atoms with E-state index in [9.17, 15) is 8.42 Å². The van der Waals surface area contributed by atoms with E-state index in [4.69, 9.17) is 0 Å². The van der Waals surface area contributed by atoms with Crippen LogP contribution < -0.4 is 0 Å². The Hall–Kier alpha value is -0.350. The van der Waals surface area contributed by atoms with Gasteiger partial charge in [0, 0.05) is 10.7 Å². The van der Waals surface area contributed by atoms with Gasteiger partial charge in [0.05, 0.1) is 5.75 Å². The molecule has 0 atom stereocenters. The lowest BCUT2D eigenvalue weighted by Gasteiger charge is -1.98. The molecule has 0 bridgehead atoms. The average molecular weight is 249 g/mol. The average Bonchev–Trinajstić information content (AvgIpc) is 1.82. The smallest absolute Gasteiger partial charge is 0.151 e. The fourth-order valence-corrected chi connectivity index (χ4v) is 2.16. The molecule has 0 spiro atoms. The minimum absolute atomic E-state index is 0.104. The van der Waals surface area contributed by atoms with E-state index in [1.807, 2.05) is 12.1 Å². The minimum Gasteiger partial charge on any atom is -0.229 e. The molecule has 0 amide bonds. The number of sulfone groups is 1. The molecule has 0 saturated carbocycles. The summed E-state index contributed by atoms with van der Waals surface area (Å²) in [4.78, 5) is 0. The monoisotopic (exact) mass is 248 g/mol. The fourth-order valence-electron chi connectivity index (χ4n) is 0.929. The van der Waals surface area contributed by atoms with Crippen molar-refractivity contribution in [3.63, 3.8) is 0 Å². The summed E-state index contributed by atoms with van der Waals surface area (Å²) in [5.41, 5.74) is 0.812. The number of benzene rings is 1. The number of rotatable bonds is 2. The molecule has 0 saturated heterocycles. The van der Waals surface area contributed by atoms with Crippen molar-refractivity contribution in [1.29, 1.82) is 0 Å². The van der Waals surface area contributed by atoms with Gasteiger partial charge >= 0.3 is 0 Å². The van der Waals surface area contributed by atoms with Gasteiger partial charge in [-0.15, -0.1) is 0 Å². The van der Waals surface area contributed by atoms with Crippen LogP contribution in [-0.2, 0) is 15.6 Å². The maximum atomic E-state index is 10.9. The van der Waals surface area contributed by atoms with Gasteiger partial charge in [0.15, 0.2) is 9.84 Å². The van der Waals surface area contributed by atoms with Crippen LogP contribution in [0.2, 0.25) is 0 Å². The van der Waals surface area contributed by atoms with Crippen LogP contribution in [-0.4, -0.2) is 14.7 Å². The summed E-state index contributed by atoms with van der Waals surface area (Å²) in [6.07, 6.45) is 1.23. The third-order valence-corrected chi connectivity index (χ3v) is 2.67. The molecular weight excluding hydrogens is 240 g/mol. The Balaban J connectivity index is 2.91. The lowest BCUT2D eigenvalue weighted by Crippen LogP contribution is -2.00. The van der Waals surface area contributed by atoms with Crippen molar-refractivity contribution in [2.24, 2.45) is 0 Å². The molecule has 0 aromatic heterocycles. The summed E-state index contributed by atoms with van der Waals surface area (Å²) in [6.45, 7) is 0. The van der Waals surface area contributed by atoms with Gasteiger partial charge in [0.25, 0.3) is 0 Å². The van der Waals surface area contributed by atoms with Gasteiger partial charge in [-0.3, -0.25) is 0 Å². The highest BCUT2D eigenvalue weighted by Gasteiger charge is 2.03. The second-order valence-corrected chi connectivity index (χ2v) is 5.76. The molecule has 1 aromatic carbocycles. The van der Waals surface area contributed by atoms with Gasteiger partial charge in [-0.25, -0.2) is 8.42 Å². The molecule has 0 unspecified atom stereocenters. The zero-order chi connectivity index (χ0) is 9.19. The van der Waals surface area contributed by atoms with Crippen molar-refractivity contribution < 1.29 is 8.42 Å². The lowest BCUT2D eigenvalue weighted by atomic mass is 10.2. The van der Waals surface area contributed by atoms with Gasteiger partial charge in [-0.2, -0.15) is 0 Å². The summed E-state index contributed by atoms with van der Waals surface area (Å²) >= 11 is 3.27. The molecule has 0 N–H and O–H groups in total. The predicted molar refractivity (Wildman–Crippen MR) is 52.7 cm³/mol. The first-order chi connectivity index (χ1) is 5.47. The van der Waals surface area contributed by atoms with Crippen LogP contribution in [0.25, 0.3) is 0 Å². The topological polar surface area (TPSA) is 34.1 Å². The van der Waals surface area contributed by atoms with Gasteiger partial charge in [0.1, 0.15) is 0 Å². The predicted octanol–water partition coefficient (Wildman–Crippen LogP) is 1.99.